The normalized spacial score (nSPS) is 15.8. The van der Waals surface area contributed by atoms with E-state index in [-0.39, 0.29) is 5.91 Å². The number of methoxy groups -OCH3 is 1. The van der Waals surface area contributed by atoms with Gasteiger partial charge in [0.05, 0.1) is 0 Å². The molecular weight excluding hydrogens is 426 g/mol. The van der Waals surface area contributed by atoms with Crippen LogP contribution in [0.25, 0.3) is 3.62 Å². The van der Waals surface area contributed by atoms with Crippen molar-refractivity contribution >= 4 is 34.1 Å². The number of carbonyl (C=O) groups is 1. The van der Waals surface area contributed by atoms with Crippen LogP contribution in [0.4, 0.5) is 0 Å². The van der Waals surface area contributed by atoms with Crippen LogP contribution in [0.1, 0.15) is 25.3 Å². The zero-order chi connectivity index (χ0) is 17.6. The van der Waals surface area contributed by atoms with Crippen LogP contribution in [-0.2, 0) is 4.79 Å². The number of rotatable bonds is 7. The minimum atomic E-state index is -0.629. The second-order valence-electron chi connectivity index (χ2n) is 6.03. The number of carbonyl (C=O) groups excluding carboxylic acids is 1. The third kappa shape index (κ3) is 4.26. The number of benzene rings is 2. The number of hydrogen-bond donors (Lipinski definition) is 0. The number of amides is 1. The quantitative estimate of drug-likeness (QED) is 0.370. The number of unbranched alkanes of at least 4 members (excludes halogenated alkanes) is 1. The van der Waals surface area contributed by atoms with Gasteiger partial charge < -0.3 is 0 Å². The molecule has 130 valence electrons. The van der Waals surface area contributed by atoms with Crippen molar-refractivity contribution in [2.45, 2.75) is 19.8 Å². The van der Waals surface area contributed by atoms with Gasteiger partial charge in [-0.3, -0.25) is 0 Å². The standard InChI is InChI=1S/C21H23NO2Te/c1-3-4-14-22-15-19(21(22)23)20(16-8-6-5-7-9-16)25-18-12-10-17(24-2)11-13-18/h5-13H,3-4,14-15H2,1-2H3/b20-19+. The Morgan fingerprint density at radius 2 is 1.84 bits per heavy atom. The van der Waals surface area contributed by atoms with Gasteiger partial charge in [-0.2, -0.15) is 0 Å². The molecule has 3 rings (SSSR count). The van der Waals surface area contributed by atoms with E-state index in [1.807, 2.05) is 23.1 Å². The molecule has 4 heteroatoms. The minimum absolute atomic E-state index is 0.228. The Hall–Kier alpha value is -1.76. The van der Waals surface area contributed by atoms with Gasteiger partial charge in [0.1, 0.15) is 0 Å². The molecule has 25 heavy (non-hydrogen) atoms. The summed E-state index contributed by atoms with van der Waals surface area (Å²) in [7, 11) is 1.68. The fraction of sp³-hybridized carbons (Fsp3) is 0.286. The molecule has 0 atom stereocenters. The van der Waals surface area contributed by atoms with E-state index in [1.54, 1.807) is 7.11 Å². The van der Waals surface area contributed by atoms with Gasteiger partial charge in [-0.25, -0.2) is 0 Å². The van der Waals surface area contributed by atoms with Crippen molar-refractivity contribution in [3.05, 3.63) is 65.7 Å². The number of likely N-dealkylation sites (tertiary alicyclic amines) is 1. The van der Waals surface area contributed by atoms with Crippen LogP contribution in [-0.4, -0.2) is 51.9 Å². The van der Waals surface area contributed by atoms with E-state index in [0.717, 1.165) is 37.3 Å². The van der Waals surface area contributed by atoms with Gasteiger partial charge in [-0.05, 0) is 0 Å². The van der Waals surface area contributed by atoms with E-state index in [9.17, 15) is 4.79 Å². The molecule has 1 fully saturated rings. The van der Waals surface area contributed by atoms with Crippen molar-refractivity contribution in [2.75, 3.05) is 20.2 Å². The summed E-state index contributed by atoms with van der Waals surface area (Å²) < 4.78 is 7.84. The zero-order valence-corrected chi connectivity index (χ0v) is 17.0. The second kappa shape index (κ2) is 8.56. The Morgan fingerprint density at radius 1 is 1.12 bits per heavy atom. The molecule has 1 saturated heterocycles. The first kappa shape index (κ1) is 18.0. The Morgan fingerprint density at radius 3 is 2.44 bits per heavy atom. The fourth-order valence-corrected chi connectivity index (χ4v) is 5.73. The summed E-state index contributed by atoms with van der Waals surface area (Å²) in [5, 5.41) is 0. The van der Waals surface area contributed by atoms with Gasteiger partial charge in [0, 0.05) is 0 Å². The number of nitrogens with zero attached hydrogens (tertiary/aromatic N) is 1. The van der Waals surface area contributed by atoms with Crippen LogP contribution >= 0.6 is 0 Å². The molecule has 0 spiro atoms. The van der Waals surface area contributed by atoms with Crippen molar-refractivity contribution < 1.29 is 9.53 Å². The second-order valence-corrected chi connectivity index (χ2v) is 9.12. The summed E-state index contributed by atoms with van der Waals surface area (Å²) >= 11 is -0.629. The van der Waals surface area contributed by atoms with Crippen molar-refractivity contribution in [1.82, 2.24) is 4.90 Å². The van der Waals surface area contributed by atoms with Gasteiger partial charge >= 0.3 is 160 Å². The Bertz CT molecular complexity index is 753. The maximum atomic E-state index is 12.6. The van der Waals surface area contributed by atoms with Crippen molar-refractivity contribution in [3.63, 3.8) is 0 Å². The molecule has 0 N–H and O–H groups in total. The molecule has 0 bridgehead atoms. The summed E-state index contributed by atoms with van der Waals surface area (Å²) in [4.78, 5) is 14.6. The fourth-order valence-electron chi connectivity index (χ4n) is 2.77. The molecule has 1 heterocycles. The molecule has 3 nitrogen and oxygen atoms in total. The van der Waals surface area contributed by atoms with Crippen molar-refractivity contribution in [1.29, 1.82) is 0 Å². The third-order valence-electron chi connectivity index (χ3n) is 4.27. The summed E-state index contributed by atoms with van der Waals surface area (Å²) in [5.41, 5.74) is 2.21. The van der Waals surface area contributed by atoms with Crippen LogP contribution in [0.15, 0.2) is 60.2 Å². The molecule has 2 aromatic rings. The first-order chi connectivity index (χ1) is 12.2. The van der Waals surface area contributed by atoms with Crippen molar-refractivity contribution in [3.8, 4) is 5.75 Å². The van der Waals surface area contributed by atoms with Crippen LogP contribution in [0.5, 0.6) is 5.75 Å². The molecule has 1 aliphatic heterocycles. The first-order valence-corrected chi connectivity index (χ1v) is 11.0. The number of β-lactam (4-membered cyclic amide) rings is 1. The Kier molecular flexibility index (Phi) is 6.18. The predicted molar refractivity (Wildman–Crippen MR) is 103 cm³/mol. The van der Waals surface area contributed by atoms with E-state index < -0.39 is 20.9 Å². The van der Waals surface area contributed by atoms with Crippen LogP contribution in [0.2, 0.25) is 0 Å². The van der Waals surface area contributed by atoms with Crippen molar-refractivity contribution in [2.24, 2.45) is 0 Å². The van der Waals surface area contributed by atoms with E-state index in [4.69, 9.17) is 4.74 Å². The molecular formula is C21H23NO2Te. The van der Waals surface area contributed by atoms with Crippen LogP contribution < -0.4 is 8.35 Å². The molecule has 1 aliphatic rings. The SMILES string of the molecule is CCCCN1C/C(=C(\[Te]c2ccc(OC)cc2)c2ccccc2)C1=O. The first-order valence-electron chi connectivity index (χ1n) is 8.62. The van der Waals surface area contributed by atoms with Crippen LogP contribution in [0.3, 0.4) is 0 Å². The van der Waals surface area contributed by atoms with Gasteiger partial charge in [0.2, 0.25) is 0 Å². The topological polar surface area (TPSA) is 29.5 Å². The Labute approximate surface area is 159 Å². The molecule has 0 aliphatic carbocycles. The van der Waals surface area contributed by atoms with E-state index in [1.165, 1.54) is 12.8 Å². The summed E-state index contributed by atoms with van der Waals surface area (Å²) in [6.45, 7) is 3.83. The van der Waals surface area contributed by atoms with E-state index in [2.05, 4.69) is 43.3 Å². The number of ether oxygens (including phenoxy) is 1. The summed E-state index contributed by atoms with van der Waals surface area (Å²) in [6.07, 6.45) is 2.20. The Balaban J connectivity index is 1.86. The van der Waals surface area contributed by atoms with E-state index >= 15 is 0 Å². The van der Waals surface area contributed by atoms with Gasteiger partial charge in [0.25, 0.3) is 0 Å². The van der Waals surface area contributed by atoms with Gasteiger partial charge in [0.15, 0.2) is 0 Å². The van der Waals surface area contributed by atoms with Crippen LogP contribution in [0, 0.1) is 0 Å². The zero-order valence-electron chi connectivity index (χ0n) is 14.7. The monoisotopic (exact) mass is 451 g/mol. The molecule has 0 aromatic heterocycles. The average Bonchev–Trinajstić information content (AvgIpc) is 2.67. The molecule has 0 saturated carbocycles. The molecule has 0 radical (unpaired) electrons. The van der Waals surface area contributed by atoms with Gasteiger partial charge in [-0.1, -0.05) is 0 Å². The molecule has 1 amide bonds. The maximum absolute atomic E-state index is 12.6. The average molecular weight is 449 g/mol. The van der Waals surface area contributed by atoms with E-state index in [0.29, 0.717) is 0 Å². The molecule has 2 aromatic carbocycles. The number of hydrogen-bond acceptors (Lipinski definition) is 2. The summed E-state index contributed by atoms with van der Waals surface area (Å²) in [5.74, 6) is 1.10. The summed E-state index contributed by atoms with van der Waals surface area (Å²) in [6, 6.07) is 18.6. The third-order valence-corrected chi connectivity index (χ3v) is 7.67. The predicted octanol–water partition coefficient (Wildman–Crippen LogP) is 3.08. The molecule has 0 unspecified atom stereocenters. The van der Waals surface area contributed by atoms with Gasteiger partial charge in [-0.15, -0.1) is 0 Å².